The zero-order valence-corrected chi connectivity index (χ0v) is 20.2. The molecular weight excluding hydrogens is 492 g/mol. The van der Waals surface area contributed by atoms with Gasteiger partial charge in [0.25, 0.3) is 15.9 Å². The molecule has 3 heterocycles. The second-order valence-corrected chi connectivity index (χ2v) is 11.1. The number of anilines is 1. The average molecular weight is 513 g/mol. The van der Waals surface area contributed by atoms with E-state index in [-0.39, 0.29) is 22.7 Å². The zero-order chi connectivity index (χ0) is 23.6. The van der Waals surface area contributed by atoms with Crippen molar-refractivity contribution >= 4 is 44.9 Å². The van der Waals surface area contributed by atoms with Gasteiger partial charge in [0, 0.05) is 13.1 Å². The van der Waals surface area contributed by atoms with Crippen molar-refractivity contribution in [3.05, 3.63) is 34.7 Å². The van der Waals surface area contributed by atoms with Crippen LogP contribution >= 0.6 is 22.9 Å². The summed E-state index contributed by atoms with van der Waals surface area (Å²) in [6.45, 7) is 0.385. The number of ether oxygens (including phenoxy) is 2. The van der Waals surface area contributed by atoms with Crippen LogP contribution in [0, 0.1) is 5.92 Å². The maximum atomic E-state index is 12.9. The Morgan fingerprint density at radius 1 is 1.24 bits per heavy atom. The summed E-state index contributed by atoms with van der Waals surface area (Å²) in [4.78, 5) is 12.8. The average Bonchev–Trinajstić information content (AvgIpc) is 3.48. The van der Waals surface area contributed by atoms with Gasteiger partial charge in [-0.3, -0.25) is 10.1 Å². The number of nitrogens with zero attached hydrogens (tertiary/aromatic N) is 3. The van der Waals surface area contributed by atoms with Gasteiger partial charge in [0.05, 0.1) is 30.0 Å². The van der Waals surface area contributed by atoms with E-state index in [1.165, 1.54) is 30.7 Å². The van der Waals surface area contributed by atoms with Gasteiger partial charge in [-0.2, -0.15) is 4.31 Å². The number of sulfonamides is 1. The summed E-state index contributed by atoms with van der Waals surface area (Å²) in [6, 6.07) is 8.03. The highest BCUT2D eigenvalue weighted by molar-refractivity contribution is 7.91. The molecule has 0 saturated carbocycles. The van der Waals surface area contributed by atoms with Gasteiger partial charge in [0.15, 0.2) is 0 Å². The van der Waals surface area contributed by atoms with Crippen molar-refractivity contribution in [2.24, 2.45) is 5.92 Å². The molecule has 10 nitrogen and oxygen atoms in total. The lowest BCUT2D eigenvalue weighted by molar-refractivity contribution is -0.121. The minimum absolute atomic E-state index is 0.0500. The van der Waals surface area contributed by atoms with E-state index in [2.05, 4.69) is 15.5 Å². The fraction of sp³-hybridized carbons (Fsp3) is 0.350. The van der Waals surface area contributed by atoms with Crippen molar-refractivity contribution in [2.75, 3.05) is 32.6 Å². The maximum absolute atomic E-state index is 12.9. The van der Waals surface area contributed by atoms with Gasteiger partial charge >= 0.3 is 6.01 Å². The Morgan fingerprint density at radius 2 is 2.06 bits per heavy atom. The van der Waals surface area contributed by atoms with E-state index in [0.717, 1.165) is 11.3 Å². The van der Waals surface area contributed by atoms with E-state index in [1.54, 1.807) is 18.2 Å². The third kappa shape index (κ3) is 4.98. The smallest absolute Gasteiger partial charge is 0.322 e. The summed E-state index contributed by atoms with van der Waals surface area (Å²) >= 11 is 6.88. The number of amides is 1. The Kier molecular flexibility index (Phi) is 6.88. The number of rotatable bonds is 7. The van der Waals surface area contributed by atoms with Crippen molar-refractivity contribution < 1.29 is 27.1 Å². The third-order valence-corrected chi connectivity index (χ3v) is 8.75. The number of carbonyl (C=O) groups excluding carboxylic acids is 1. The molecule has 33 heavy (non-hydrogen) atoms. The number of piperidine rings is 1. The monoisotopic (exact) mass is 512 g/mol. The maximum Gasteiger partial charge on any atom is 0.322 e. The van der Waals surface area contributed by atoms with Crippen LogP contribution in [0.3, 0.4) is 0 Å². The topological polar surface area (TPSA) is 124 Å². The highest BCUT2D eigenvalue weighted by Crippen LogP contribution is 2.34. The number of carbonyl (C=O) groups is 1. The molecule has 13 heteroatoms. The minimum atomic E-state index is -3.72. The Hall–Kier alpha value is -2.67. The standard InChI is InChI=1S/C20H21ClN4O6S2/c1-29-13-5-6-15(30-2)14(10-13)19-23-24-20(31-19)22-18(26)12-4-3-9-25(11-12)33(27,28)17-8-7-16(21)32-17/h5-8,10,12H,3-4,9,11H2,1-2H3,(H,22,24,26). The Morgan fingerprint density at radius 3 is 2.76 bits per heavy atom. The van der Waals surface area contributed by atoms with Crippen LogP contribution in [0.5, 0.6) is 11.5 Å². The first-order valence-corrected chi connectivity index (χ1v) is 12.6. The van der Waals surface area contributed by atoms with Crippen molar-refractivity contribution in [2.45, 2.75) is 17.1 Å². The summed E-state index contributed by atoms with van der Waals surface area (Å²) in [5.74, 6) is 0.255. The van der Waals surface area contributed by atoms with Crippen molar-refractivity contribution in [1.29, 1.82) is 0 Å². The van der Waals surface area contributed by atoms with E-state index in [1.807, 2.05) is 0 Å². The van der Waals surface area contributed by atoms with Crippen LogP contribution in [0.2, 0.25) is 4.34 Å². The molecule has 1 amide bonds. The molecule has 3 aromatic rings. The van der Waals surface area contributed by atoms with Crippen LogP contribution < -0.4 is 14.8 Å². The summed E-state index contributed by atoms with van der Waals surface area (Å²) in [5.41, 5.74) is 0.509. The zero-order valence-electron chi connectivity index (χ0n) is 17.8. The van der Waals surface area contributed by atoms with E-state index in [0.29, 0.717) is 40.8 Å². The molecule has 1 saturated heterocycles. The fourth-order valence-electron chi connectivity index (χ4n) is 3.51. The van der Waals surface area contributed by atoms with Gasteiger partial charge in [0.1, 0.15) is 15.7 Å². The molecule has 2 aromatic heterocycles. The second-order valence-electron chi connectivity index (χ2n) is 7.23. The quantitative estimate of drug-likeness (QED) is 0.510. The number of hydrogen-bond acceptors (Lipinski definition) is 9. The number of halogens is 1. The van der Waals surface area contributed by atoms with Crippen LogP contribution in [-0.4, -0.2) is 56.1 Å². The van der Waals surface area contributed by atoms with E-state index >= 15 is 0 Å². The van der Waals surface area contributed by atoms with Crippen LogP contribution in [-0.2, 0) is 14.8 Å². The Balaban J connectivity index is 1.47. The van der Waals surface area contributed by atoms with Gasteiger partial charge < -0.3 is 13.9 Å². The molecule has 0 spiro atoms. The second kappa shape index (κ2) is 9.67. The molecule has 0 radical (unpaired) electrons. The first-order chi connectivity index (χ1) is 15.8. The third-order valence-electron chi connectivity index (χ3n) is 5.19. The van der Waals surface area contributed by atoms with Gasteiger partial charge in [0.2, 0.25) is 5.91 Å². The minimum Gasteiger partial charge on any atom is -0.497 e. The predicted octanol–water partition coefficient (Wildman–Crippen LogP) is 3.51. The lowest BCUT2D eigenvalue weighted by Crippen LogP contribution is -2.43. The molecule has 1 fully saturated rings. The number of nitrogens with one attached hydrogen (secondary N) is 1. The van der Waals surface area contributed by atoms with E-state index in [4.69, 9.17) is 25.5 Å². The van der Waals surface area contributed by atoms with Crippen LogP contribution in [0.25, 0.3) is 11.5 Å². The number of methoxy groups -OCH3 is 2. The highest BCUT2D eigenvalue weighted by Gasteiger charge is 2.34. The number of hydrogen-bond donors (Lipinski definition) is 1. The fourth-order valence-corrected chi connectivity index (χ4v) is 6.67. The van der Waals surface area contributed by atoms with Crippen LogP contribution in [0.4, 0.5) is 6.01 Å². The van der Waals surface area contributed by atoms with Gasteiger partial charge in [-0.25, -0.2) is 8.42 Å². The number of thiophene rings is 1. The van der Waals surface area contributed by atoms with Gasteiger partial charge in [-0.15, -0.1) is 16.4 Å². The van der Waals surface area contributed by atoms with Crippen molar-refractivity contribution in [3.8, 4) is 23.0 Å². The molecule has 1 aromatic carbocycles. The van der Waals surface area contributed by atoms with E-state index in [9.17, 15) is 13.2 Å². The number of benzene rings is 1. The van der Waals surface area contributed by atoms with Gasteiger partial charge in [-0.1, -0.05) is 16.7 Å². The summed E-state index contributed by atoms with van der Waals surface area (Å²) in [6.07, 6.45) is 1.08. The molecule has 1 unspecified atom stereocenters. The highest BCUT2D eigenvalue weighted by atomic mass is 35.5. The SMILES string of the molecule is COc1ccc(OC)c(-c2nnc(NC(=O)C3CCCN(S(=O)(=O)c4ccc(Cl)s4)C3)o2)c1. The molecular formula is C20H21ClN4O6S2. The molecule has 1 N–H and O–H groups in total. The first-order valence-electron chi connectivity index (χ1n) is 9.94. The first kappa shape index (κ1) is 23.5. The molecule has 1 aliphatic heterocycles. The lowest BCUT2D eigenvalue weighted by atomic mass is 9.99. The van der Waals surface area contributed by atoms with Gasteiger partial charge in [-0.05, 0) is 43.2 Å². The molecule has 176 valence electrons. The predicted molar refractivity (Wildman–Crippen MR) is 122 cm³/mol. The summed E-state index contributed by atoms with van der Waals surface area (Å²) in [7, 11) is -0.672. The molecule has 1 atom stereocenters. The summed E-state index contributed by atoms with van der Waals surface area (Å²) in [5, 5.41) is 10.5. The van der Waals surface area contributed by atoms with Crippen molar-refractivity contribution in [1.82, 2.24) is 14.5 Å². The molecule has 1 aliphatic rings. The Bertz CT molecular complexity index is 1260. The largest absolute Gasteiger partial charge is 0.497 e. The molecule has 4 rings (SSSR count). The number of aromatic nitrogens is 2. The van der Waals surface area contributed by atoms with E-state index < -0.39 is 21.8 Å². The van der Waals surface area contributed by atoms with Crippen LogP contribution in [0.1, 0.15) is 12.8 Å². The molecule has 0 bridgehead atoms. The van der Waals surface area contributed by atoms with Crippen LogP contribution in [0.15, 0.2) is 39.0 Å². The molecule has 0 aliphatic carbocycles. The lowest BCUT2D eigenvalue weighted by Gasteiger charge is -2.30. The summed E-state index contributed by atoms with van der Waals surface area (Å²) < 4.78 is 43.8. The Labute approximate surface area is 199 Å². The normalized spacial score (nSPS) is 17.0. The van der Waals surface area contributed by atoms with Crippen molar-refractivity contribution in [3.63, 3.8) is 0 Å².